The predicted molar refractivity (Wildman–Crippen MR) is 73.9 cm³/mol. The zero-order valence-electron chi connectivity index (χ0n) is 11.1. The van der Waals surface area contributed by atoms with Crippen LogP contribution in [0.1, 0.15) is 43.5 Å². The Balaban J connectivity index is 2.15. The first kappa shape index (κ1) is 12.0. The number of aryl methyl sites for hydroxylation is 1. The van der Waals surface area contributed by atoms with Crippen LogP contribution in [-0.4, -0.2) is 14.5 Å². The summed E-state index contributed by atoms with van der Waals surface area (Å²) in [7, 11) is 0. The smallest absolute Gasteiger partial charge is 0.160 e. The molecule has 2 aromatic heterocycles. The molecule has 1 saturated carbocycles. The van der Waals surface area contributed by atoms with E-state index in [-0.39, 0.29) is 5.38 Å². The largest absolute Gasteiger partial charge is 0.311 e. The molecule has 2 heterocycles. The van der Waals surface area contributed by atoms with Crippen LogP contribution in [0.2, 0.25) is 0 Å². The van der Waals surface area contributed by atoms with E-state index in [9.17, 15) is 0 Å². The standard InChI is InChI=1S/C14H18ClN3/c1-9-6-11-13(16-7-9)18(8-14(3)4-5-14)12(17-11)10(2)15/h6-7,10H,4-5,8H2,1-3H3. The molecule has 0 saturated heterocycles. The molecular formula is C14H18ClN3. The average Bonchev–Trinajstić information content (AvgIpc) is 2.91. The summed E-state index contributed by atoms with van der Waals surface area (Å²) in [5.74, 6) is 0.942. The van der Waals surface area contributed by atoms with Gasteiger partial charge in [-0.2, -0.15) is 0 Å². The second-order valence-electron chi connectivity index (χ2n) is 5.84. The first-order chi connectivity index (χ1) is 8.48. The Labute approximate surface area is 112 Å². The monoisotopic (exact) mass is 263 g/mol. The lowest BCUT2D eigenvalue weighted by Gasteiger charge is -2.14. The summed E-state index contributed by atoms with van der Waals surface area (Å²) in [5, 5.41) is -0.0816. The van der Waals surface area contributed by atoms with Crippen molar-refractivity contribution in [1.82, 2.24) is 14.5 Å². The minimum Gasteiger partial charge on any atom is -0.311 e. The number of pyridine rings is 1. The van der Waals surface area contributed by atoms with Crippen molar-refractivity contribution in [3.05, 3.63) is 23.7 Å². The molecular weight excluding hydrogens is 246 g/mol. The van der Waals surface area contributed by atoms with Gasteiger partial charge < -0.3 is 4.57 Å². The maximum Gasteiger partial charge on any atom is 0.160 e. The molecule has 1 fully saturated rings. The van der Waals surface area contributed by atoms with Crippen LogP contribution in [0.3, 0.4) is 0 Å². The highest BCUT2D eigenvalue weighted by molar-refractivity contribution is 6.20. The number of rotatable bonds is 3. The molecule has 0 spiro atoms. The molecule has 0 aromatic carbocycles. The molecule has 0 radical (unpaired) electrons. The predicted octanol–water partition coefficient (Wildman–Crippen LogP) is 3.84. The van der Waals surface area contributed by atoms with Gasteiger partial charge in [-0.15, -0.1) is 11.6 Å². The molecule has 0 aliphatic heterocycles. The highest BCUT2D eigenvalue weighted by Crippen LogP contribution is 2.47. The number of imidazole rings is 1. The van der Waals surface area contributed by atoms with Gasteiger partial charge in [-0.1, -0.05) is 6.92 Å². The van der Waals surface area contributed by atoms with Crippen molar-refractivity contribution in [3.8, 4) is 0 Å². The van der Waals surface area contributed by atoms with E-state index in [1.165, 1.54) is 12.8 Å². The fraction of sp³-hybridized carbons (Fsp3) is 0.571. The Morgan fingerprint density at radius 1 is 1.50 bits per heavy atom. The lowest BCUT2D eigenvalue weighted by Crippen LogP contribution is -2.12. The second-order valence-corrected chi connectivity index (χ2v) is 6.49. The molecule has 1 unspecified atom stereocenters. The molecule has 0 bridgehead atoms. The fourth-order valence-electron chi connectivity index (χ4n) is 2.34. The summed E-state index contributed by atoms with van der Waals surface area (Å²) in [5.41, 5.74) is 3.48. The van der Waals surface area contributed by atoms with Crippen molar-refractivity contribution in [2.45, 2.75) is 45.5 Å². The van der Waals surface area contributed by atoms with Gasteiger partial charge in [0.25, 0.3) is 0 Å². The Bertz CT molecular complexity index is 596. The maximum atomic E-state index is 6.26. The summed E-state index contributed by atoms with van der Waals surface area (Å²) in [4.78, 5) is 9.19. The van der Waals surface area contributed by atoms with Crippen LogP contribution < -0.4 is 0 Å². The van der Waals surface area contributed by atoms with Crippen molar-refractivity contribution in [2.24, 2.45) is 5.41 Å². The number of alkyl halides is 1. The summed E-state index contributed by atoms with van der Waals surface area (Å²) < 4.78 is 2.21. The Morgan fingerprint density at radius 3 is 2.83 bits per heavy atom. The number of halogens is 1. The normalized spacial score (nSPS) is 19.1. The molecule has 0 amide bonds. The van der Waals surface area contributed by atoms with Gasteiger partial charge in [-0.3, -0.25) is 0 Å². The first-order valence-electron chi connectivity index (χ1n) is 6.45. The quantitative estimate of drug-likeness (QED) is 0.788. The van der Waals surface area contributed by atoms with E-state index in [1.807, 2.05) is 20.0 Å². The number of fused-ring (bicyclic) bond motifs is 1. The molecule has 0 N–H and O–H groups in total. The lowest BCUT2D eigenvalue weighted by atomic mass is 10.1. The van der Waals surface area contributed by atoms with Gasteiger partial charge in [0, 0.05) is 12.7 Å². The minimum absolute atomic E-state index is 0.0816. The number of hydrogen-bond donors (Lipinski definition) is 0. The molecule has 3 nitrogen and oxygen atoms in total. The zero-order chi connectivity index (χ0) is 12.9. The summed E-state index contributed by atoms with van der Waals surface area (Å²) in [6.07, 6.45) is 4.47. The van der Waals surface area contributed by atoms with Gasteiger partial charge in [0.2, 0.25) is 0 Å². The van der Waals surface area contributed by atoms with Crippen LogP contribution in [-0.2, 0) is 6.54 Å². The molecule has 4 heteroatoms. The van der Waals surface area contributed by atoms with Crippen LogP contribution in [0.5, 0.6) is 0 Å². The topological polar surface area (TPSA) is 30.7 Å². The van der Waals surface area contributed by atoms with E-state index >= 15 is 0 Å². The van der Waals surface area contributed by atoms with Crippen molar-refractivity contribution >= 4 is 22.8 Å². The SMILES string of the molecule is Cc1cnc2c(c1)nc(C(C)Cl)n2CC1(C)CC1. The third kappa shape index (κ3) is 2.01. The number of nitrogens with zero attached hydrogens (tertiary/aromatic N) is 3. The minimum atomic E-state index is -0.0816. The first-order valence-corrected chi connectivity index (χ1v) is 6.89. The number of hydrogen-bond acceptors (Lipinski definition) is 2. The molecule has 18 heavy (non-hydrogen) atoms. The van der Waals surface area contributed by atoms with Crippen molar-refractivity contribution < 1.29 is 0 Å². The van der Waals surface area contributed by atoms with Crippen LogP contribution in [0.25, 0.3) is 11.2 Å². The van der Waals surface area contributed by atoms with Gasteiger partial charge in [0.15, 0.2) is 5.65 Å². The second kappa shape index (κ2) is 3.95. The van der Waals surface area contributed by atoms with Crippen LogP contribution >= 0.6 is 11.6 Å². The molecule has 1 aliphatic rings. The van der Waals surface area contributed by atoms with Gasteiger partial charge >= 0.3 is 0 Å². The lowest BCUT2D eigenvalue weighted by molar-refractivity contribution is 0.459. The van der Waals surface area contributed by atoms with E-state index < -0.39 is 0 Å². The molecule has 2 aromatic rings. The van der Waals surface area contributed by atoms with E-state index in [4.69, 9.17) is 11.6 Å². The highest BCUT2D eigenvalue weighted by Gasteiger charge is 2.38. The van der Waals surface area contributed by atoms with Crippen LogP contribution in [0.15, 0.2) is 12.3 Å². The van der Waals surface area contributed by atoms with Crippen molar-refractivity contribution in [1.29, 1.82) is 0 Å². The Kier molecular flexibility index (Phi) is 2.63. The third-order valence-corrected chi connectivity index (χ3v) is 3.95. The van der Waals surface area contributed by atoms with Gasteiger partial charge in [0.1, 0.15) is 11.3 Å². The van der Waals surface area contributed by atoms with Crippen LogP contribution in [0.4, 0.5) is 0 Å². The van der Waals surface area contributed by atoms with Gasteiger partial charge in [-0.25, -0.2) is 9.97 Å². The summed E-state index contributed by atoms with van der Waals surface area (Å²) >= 11 is 6.26. The van der Waals surface area contributed by atoms with E-state index in [1.54, 1.807) is 0 Å². The third-order valence-electron chi connectivity index (χ3n) is 3.75. The van der Waals surface area contributed by atoms with E-state index in [0.717, 1.165) is 29.1 Å². The van der Waals surface area contributed by atoms with Crippen molar-refractivity contribution in [3.63, 3.8) is 0 Å². The Morgan fingerprint density at radius 2 is 2.22 bits per heavy atom. The molecule has 1 atom stereocenters. The molecule has 96 valence electrons. The van der Waals surface area contributed by atoms with Crippen LogP contribution in [0, 0.1) is 12.3 Å². The molecule has 1 aliphatic carbocycles. The van der Waals surface area contributed by atoms with Gasteiger partial charge in [0.05, 0.1) is 5.38 Å². The van der Waals surface area contributed by atoms with E-state index in [0.29, 0.717) is 5.41 Å². The van der Waals surface area contributed by atoms with Crippen molar-refractivity contribution in [2.75, 3.05) is 0 Å². The highest BCUT2D eigenvalue weighted by atomic mass is 35.5. The Hall–Kier alpha value is -1.09. The van der Waals surface area contributed by atoms with E-state index in [2.05, 4.69) is 27.5 Å². The zero-order valence-corrected chi connectivity index (χ0v) is 11.8. The summed E-state index contributed by atoms with van der Waals surface area (Å²) in [6, 6.07) is 2.08. The number of aromatic nitrogens is 3. The fourth-order valence-corrected chi connectivity index (χ4v) is 2.51. The molecule has 3 rings (SSSR count). The maximum absolute atomic E-state index is 6.26. The van der Waals surface area contributed by atoms with Gasteiger partial charge in [-0.05, 0) is 43.7 Å². The average molecular weight is 264 g/mol. The summed E-state index contributed by atoms with van der Waals surface area (Å²) in [6.45, 7) is 7.31.